The van der Waals surface area contributed by atoms with Crippen molar-refractivity contribution in [3.8, 4) is 0 Å². The number of rotatable bonds is 2. The van der Waals surface area contributed by atoms with Gasteiger partial charge in [-0.2, -0.15) is 5.10 Å². The Bertz CT molecular complexity index is 916. The number of aliphatic imine (C=N–C) groups is 1. The monoisotopic (exact) mass is 309 g/mol. The smallest absolute Gasteiger partial charge is 0.212 e. The fourth-order valence-corrected chi connectivity index (χ4v) is 3.10. The molecule has 0 amide bonds. The Balaban J connectivity index is 1.98. The highest BCUT2D eigenvalue weighted by molar-refractivity contribution is 5.94. The van der Waals surface area contributed by atoms with E-state index < -0.39 is 0 Å². The molecule has 4 rings (SSSR count). The minimum atomic E-state index is -0.259. The fourth-order valence-electron chi connectivity index (χ4n) is 3.10. The molecule has 3 N–H and O–H groups in total. The highest BCUT2D eigenvalue weighted by Crippen LogP contribution is 2.35. The van der Waals surface area contributed by atoms with E-state index in [1.54, 1.807) is 0 Å². The zero-order chi connectivity index (χ0) is 16.1. The molecule has 1 aliphatic rings. The number of aromatic nitrogens is 4. The molecule has 0 fully saturated rings. The highest BCUT2D eigenvalue weighted by Gasteiger charge is 2.28. The number of imidazole rings is 1. The van der Waals surface area contributed by atoms with Crippen LogP contribution in [0.25, 0.3) is 11.0 Å². The van der Waals surface area contributed by atoms with Gasteiger partial charge in [0.05, 0.1) is 16.7 Å². The third-order valence-corrected chi connectivity index (χ3v) is 4.05. The van der Waals surface area contributed by atoms with Crippen LogP contribution in [-0.2, 0) is 7.05 Å². The normalized spacial score (nSPS) is 17.2. The van der Waals surface area contributed by atoms with Crippen LogP contribution in [-0.4, -0.2) is 25.3 Å². The Morgan fingerprint density at radius 3 is 2.83 bits per heavy atom. The predicted octanol–water partition coefficient (Wildman–Crippen LogP) is 2.18. The first-order valence-electron chi connectivity index (χ1n) is 7.65. The summed E-state index contributed by atoms with van der Waals surface area (Å²) in [5.41, 5.74) is 10.0. The third kappa shape index (κ3) is 2.08. The number of aryl methyl sites for hydroxylation is 1. The number of nitrogens with zero attached hydrogens (tertiary/aromatic N) is 5. The lowest BCUT2D eigenvalue weighted by Gasteiger charge is -2.24. The summed E-state index contributed by atoms with van der Waals surface area (Å²) >= 11 is 0. The molecule has 7 nitrogen and oxygen atoms in total. The topological polar surface area (TPSA) is 86.1 Å². The van der Waals surface area contributed by atoms with Crippen molar-refractivity contribution in [2.24, 2.45) is 17.8 Å². The molecule has 118 valence electrons. The van der Waals surface area contributed by atoms with Gasteiger partial charge in [0.1, 0.15) is 0 Å². The average Bonchev–Trinajstić information content (AvgIpc) is 3.06. The first kappa shape index (κ1) is 13.8. The van der Waals surface area contributed by atoms with Crippen molar-refractivity contribution in [3.63, 3.8) is 0 Å². The van der Waals surface area contributed by atoms with Crippen molar-refractivity contribution in [2.75, 3.05) is 5.32 Å². The van der Waals surface area contributed by atoms with Crippen LogP contribution in [0.15, 0.2) is 35.5 Å². The van der Waals surface area contributed by atoms with E-state index in [1.807, 2.05) is 42.2 Å². The number of nitrogens with two attached hydrogens (primary N) is 1. The molecular formula is C16H19N7. The zero-order valence-corrected chi connectivity index (χ0v) is 13.4. The molecule has 0 radical (unpaired) electrons. The van der Waals surface area contributed by atoms with E-state index >= 15 is 0 Å². The maximum atomic E-state index is 5.99. The van der Waals surface area contributed by atoms with Gasteiger partial charge in [-0.1, -0.05) is 26.0 Å². The molecule has 2 aromatic heterocycles. The second-order valence-corrected chi connectivity index (χ2v) is 6.11. The molecule has 1 atom stereocenters. The molecule has 3 heterocycles. The first-order valence-corrected chi connectivity index (χ1v) is 7.65. The minimum absolute atomic E-state index is 0.259. The van der Waals surface area contributed by atoms with Crippen LogP contribution in [0.2, 0.25) is 0 Å². The highest BCUT2D eigenvalue weighted by atomic mass is 15.4. The molecule has 1 aliphatic heterocycles. The van der Waals surface area contributed by atoms with Crippen molar-refractivity contribution in [1.29, 1.82) is 0 Å². The van der Waals surface area contributed by atoms with E-state index in [0.717, 1.165) is 22.3 Å². The van der Waals surface area contributed by atoms with Crippen molar-refractivity contribution >= 4 is 22.9 Å². The Morgan fingerprint density at radius 1 is 1.26 bits per heavy atom. The standard InChI is InChI=1S/C16H19N7/c1-9(2)13-10(8-22(3)21-13)14-19-15(17)20-16-18-11-6-4-5-7-12(11)23(14)16/h4-9,14H,1-3H3,(H3,17,18,19,20)/t14-/m1/s1. The fraction of sp³-hybridized carbons (Fsp3) is 0.312. The summed E-state index contributed by atoms with van der Waals surface area (Å²) in [5.74, 6) is 1.38. The molecule has 0 spiro atoms. The van der Waals surface area contributed by atoms with Gasteiger partial charge in [0.25, 0.3) is 0 Å². The van der Waals surface area contributed by atoms with Crippen molar-refractivity contribution in [2.45, 2.75) is 25.9 Å². The van der Waals surface area contributed by atoms with E-state index in [4.69, 9.17) is 5.73 Å². The van der Waals surface area contributed by atoms with E-state index in [2.05, 4.69) is 38.8 Å². The number of para-hydroxylation sites is 2. The lowest BCUT2D eigenvalue weighted by Crippen LogP contribution is -2.31. The van der Waals surface area contributed by atoms with E-state index in [1.165, 1.54) is 0 Å². The van der Waals surface area contributed by atoms with Gasteiger partial charge in [-0.3, -0.25) is 14.6 Å². The quantitative estimate of drug-likeness (QED) is 0.759. The molecular weight excluding hydrogens is 290 g/mol. The Morgan fingerprint density at radius 2 is 2.04 bits per heavy atom. The van der Waals surface area contributed by atoms with Gasteiger partial charge >= 0.3 is 0 Å². The molecule has 3 aromatic rings. The molecule has 0 aliphatic carbocycles. The van der Waals surface area contributed by atoms with Gasteiger partial charge in [0.2, 0.25) is 5.95 Å². The van der Waals surface area contributed by atoms with Crippen molar-refractivity contribution in [1.82, 2.24) is 19.3 Å². The summed E-state index contributed by atoms with van der Waals surface area (Å²) in [6.45, 7) is 4.26. The third-order valence-electron chi connectivity index (χ3n) is 4.05. The Kier molecular flexibility index (Phi) is 2.90. The molecule has 0 saturated carbocycles. The number of nitrogens with one attached hydrogen (secondary N) is 1. The summed E-state index contributed by atoms with van der Waals surface area (Å²) in [6.07, 6.45) is 1.76. The maximum absolute atomic E-state index is 5.99. The minimum Gasteiger partial charge on any atom is -0.370 e. The van der Waals surface area contributed by atoms with E-state index in [-0.39, 0.29) is 6.17 Å². The molecule has 23 heavy (non-hydrogen) atoms. The van der Waals surface area contributed by atoms with Crippen molar-refractivity contribution < 1.29 is 0 Å². The summed E-state index contributed by atoms with van der Waals surface area (Å²) in [4.78, 5) is 9.25. The predicted molar refractivity (Wildman–Crippen MR) is 90.4 cm³/mol. The molecule has 0 unspecified atom stereocenters. The van der Waals surface area contributed by atoms with Gasteiger partial charge in [-0.15, -0.1) is 0 Å². The zero-order valence-electron chi connectivity index (χ0n) is 13.4. The lowest BCUT2D eigenvalue weighted by atomic mass is 10.0. The van der Waals surface area contributed by atoms with Gasteiger partial charge in [-0.25, -0.2) is 9.98 Å². The number of guanidine groups is 1. The van der Waals surface area contributed by atoms with Crippen LogP contribution < -0.4 is 11.1 Å². The molecule has 7 heteroatoms. The van der Waals surface area contributed by atoms with Gasteiger partial charge in [-0.05, 0) is 18.1 Å². The van der Waals surface area contributed by atoms with Crippen LogP contribution in [0.3, 0.4) is 0 Å². The van der Waals surface area contributed by atoms with Crippen LogP contribution in [0.4, 0.5) is 5.95 Å². The summed E-state index contributed by atoms with van der Waals surface area (Å²) in [6, 6.07) is 8.01. The molecule has 0 bridgehead atoms. The maximum Gasteiger partial charge on any atom is 0.212 e. The first-order chi connectivity index (χ1) is 11.0. The Hall–Kier alpha value is -2.83. The lowest BCUT2D eigenvalue weighted by molar-refractivity contribution is 0.613. The van der Waals surface area contributed by atoms with E-state index in [9.17, 15) is 0 Å². The van der Waals surface area contributed by atoms with Crippen LogP contribution in [0.1, 0.15) is 37.2 Å². The number of hydrogen-bond donors (Lipinski definition) is 2. The van der Waals surface area contributed by atoms with Crippen molar-refractivity contribution in [3.05, 3.63) is 41.7 Å². The average molecular weight is 309 g/mol. The second-order valence-electron chi connectivity index (χ2n) is 6.11. The van der Waals surface area contributed by atoms with Gasteiger partial charge in [0, 0.05) is 18.8 Å². The van der Waals surface area contributed by atoms with Crippen LogP contribution in [0.5, 0.6) is 0 Å². The largest absolute Gasteiger partial charge is 0.370 e. The second kappa shape index (κ2) is 4.84. The number of benzene rings is 1. The molecule has 0 saturated heterocycles. The Labute approximate surface area is 133 Å². The number of fused-ring (bicyclic) bond motifs is 3. The van der Waals surface area contributed by atoms with Gasteiger partial charge < -0.3 is 5.73 Å². The summed E-state index contributed by atoms with van der Waals surface area (Å²) in [5, 5.41) is 7.66. The van der Waals surface area contributed by atoms with E-state index in [0.29, 0.717) is 17.8 Å². The summed E-state index contributed by atoms with van der Waals surface area (Å²) in [7, 11) is 1.93. The van der Waals surface area contributed by atoms with Crippen LogP contribution >= 0.6 is 0 Å². The SMILES string of the molecule is CC(C)c1nn(C)cc1[C@@H]1N=C(N)Nc2nc3ccccc3n21. The van der Waals surface area contributed by atoms with Crippen LogP contribution in [0, 0.1) is 0 Å². The van der Waals surface area contributed by atoms with Gasteiger partial charge in [0.15, 0.2) is 12.1 Å². The molecule has 1 aromatic carbocycles. The number of hydrogen-bond acceptors (Lipinski definition) is 5. The summed E-state index contributed by atoms with van der Waals surface area (Å²) < 4.78 is 3.91. The number of anilines is 1.